The van der Waals surface area contributed by atoms with E-state index in [2.05, 4.69) is 17.1 Å². The van der Waals surface area contributed by atoms with Gasteiger partial charge in [-0.15, -0.1) is 0 Å². The van der Waals surface area contributed by atoms with E-state index in [4.69, 9.17) is 9.47 Å². The predicted octanol–water partition coefficient (Wildman–Crippen LogP) is 4.69. The van der Waals surface area contributed by atoms with Crippen molar-refractivity contribution < 1.29 is 14.3 Å². The molecule has 0 aliphatic rings. The van der Waals surface area contributed by atoms with Crippen LogP contribution in [0.15, 0.2) is 77.8 Å². The summed E-state index contributed by atoms with van der Waals surface area (Å²) in [5.74, 6) is 0.524. The largest absolute Gasteiger partial charge is 0.497 e. The number of thiazole rings is 1. The van der Waals surface area contributed by atoms with Gasteiger partial charge in [0.05, 0.1) is 23.9 Å². The molecule has 1 aromatic heterocycles. The third-order valence-corrected chi connectivity index (χ3v) is 6.10. The summed E-state index contributed by atoms with van der Waals surface area (Å²) in [5.41, 5.74) is 3.98. The van der Waals surface area contributed by atoms with Crippen molar-refractivity contribution in [2.75, 3.05) is 20.8 Å². The summed E-state index contributed by atoms with van der Waals surface area (Å²) in [4.78, 5) is 18.0. The Morgan fingerprint density at radius 1 is 0.968 bits per heavy atom. The highest BCUT2D eigenvalue weighted by Gasteiger charge is 2.10. The third-order valence-electron chi connectivity index (χ3n) is 5.06. The van der Waals surface area contributed by atoms with Gasteiger partial charge in [-0.1, -0.05) is 53.8 Å². The van der Waals surface area contributed by atoms with Crippen molar-refractivity contribution >= 4 is 27.5 Å². The lowest BCUT2D eigenvalue weighted by Gasteiger charge is -2.05. The van der Waals surface area contributed by atoms with Gasteiger partial charge in [0, 0.05) is 19.2 Å². The molecule has 31 heavy (non-hydrogen) atoms. The van der Waals surface area contributed by atoms with Crippen molar-refractivity contribution in [2.24, 2.45) is 4.99 Å². The van der Waals surface area contributed by atoms with E-state index >= 15 is 0 Å². The van der Waals surface area contributed by atoms with Crippen LogP contribution in [0.2, 0.25) is 0 Å². The maximum Gasteiger partial charge on any atom is 0.279 e. The Balaban J connectivity index is 1.63. The molecule has 0 saturated carbocycles. The maximum atomic E-state index is 12.9. The second-order valence-corrected chi connectivity index (χ2v) is 8.15. The molecule has 0 aliphatic heterocycles. The van der Waals surface area contributed by atoms with Gasteiger partial charge in [-0.2, -0.15) is 4.99 Å². The van der Waals surface area contributed by atoms with Crippen molar-refractivity contribution in [3.8, 4) is 5.75 Å². The summed E-state index contributed by atoms with van der Waals surface area (Å²) >= 11 is 1.47. The molecule has 4 rings (SSSR count). The van der Waals surface area contributed by atoms with Crippen LogP contribution in [0.25, 0.3) is 10.2 Å². The fourth-order valence-electron chi connectivity index (χ4n) is 3.41. The minimum absolute atomic E-state index is 0.254. The van der Waals surface area contributed by atoms with Gasteiger partial charge in [0.1, 0.15) is 5.75 Å². The van der Waals surface area contributed by atoms with Crippen LogP contribution in [0.5, 0.6) is 5.75 Å². The van der Waals surface area contributed by atoms with Crippen molar-refractivity contribution in [3.05, 3.63) is 94.3 Å². The number of methoxy groups -OCH3 is 2. The molecule has 5 nitrogen and oxygen atoms in total. The Bertz CT molecular complexity index is 1240. The summed E-state index contributed by atoms with van der Waals surface area (Å²) in [6.07, 6.45) is 0.835. The van der Waals surface area contributed by atoms with E-state index in [9.17, 15) is 4.79 Å². The molecule has 6 heteroatoms. The molecular formula is C25H24N2O3S. The normalized spacial score (nSPS) is 11.7. The first-order valence-corrected chi connectivity index (χ1v) is 10.9. The number of benzene rings is 3. The van der Waals surface area contributed by atoms with Gasteiger partial charge in [0.25, 0.3) is 5.91 Å². The van der Waals surface area contributed by atoms with E-state index in [1.807, 2.05) is 65.2 Å². The quantitative estimate of drug-likeness (QED) is 0.426. The third kappa shape index (κ3) is 4.93. The number of nitrogens with zero attached hydrogens (tertiary/aromatic N) is 2. The number of hydrogen-bond donors (Lipinski definition) is 0. The number of hydrogen-bond acceptors (Lipinski definition) is 4. The Morgan fingerprint density at radius 2 is 1.71 bits per heavy atom. The topological polar surface area (TPSA) is 52.8 Å². The van der Waals surface area contributed by atoms with Crippen LogP contribution >= 0.6 is 11.3 Å². The van der Waals surface area contributed by atoms with E-state index in [0.717, 1.165) is 28.0 Å². The molecule has 0 bridgehead atoms. The molecule has 0 atom stereocenters. The number of carbonyl (C=O) groups excluding carboxylic acids is 1. The maximum absolute atomic E-state index is 12.9. The standard InChI is InChI=1S/C25H24N2O3S/c1-29-15-14-27-22-13-12-21(30-2)17-23(22)31-25(27)26-24(28)20-10-8-19(9-11-20)16-18-6-4-3-5-7-18/h3-13,17H,14-16H2,1-2H3. The average Bonchev–Trinajstić information content (AvgIpc) is 3.14. The molecule has 1 heterocycles. The first kappa shape index (κ1) is 21.0. The van der Waals surface area contributed by atoms with Crippen LogP contribution in [-0.4, -0.2) is 31.3 Å². The fraction of sp³-hybridized carbons (Fsp3) is 0.200. The van der Waals surface area contributed by atoms with E-state index in [0.29, 0.717) is 23.5 Å². The second kappa shape index (κ2) is 9.73. The van der Waals surface area contributed by atoms with Gasteiger partial charge in [0.2, 0.25) is 0 Å². The number of amides is 1. The van der Waals surface area contributed by atoms with Gasteiger partial charge < -0.3 is 14.0 Å². The fourth-order valence-corrected chi connectivity index (χ4v) is 4.50. The highest BCUT2D eigenvalue weighted by atomic mass is 32.1. The van der Waals surface area contributed by atoms with Gasteiger partial charge in [-0.3, -0.25) is 4.79 Å². The highest BCUT2D eigenvalue weighted by Crippen LogP contribution is 2.23. The predicted molar refractivity (Wildman–Crippen MR) is 124 cm³/mol. The number of aromatic nitrogens is 1. The Labute approximate surface area is 185 Å². The van der Waals surface area contributed by atoms with Crippen LogP contribution < -0.4 is 9.54 Å². The van der Waals surface area contributed by atoms with Crippen LogP contribution in [-0.2, 0) is 17.7 Å². The van der Waals surface area contributed by atoms with Crippen molar-refractivity contribution in [1.82, 2.24) is 4.57 Å². The van der Waals surface area contributed by atoms with E-state index in [-0.39, 0.29) is 5.91 Å². The number of fused-ring (bicyclic) bond motifs is 1. The van der Waals surface area contributed by atoms with Crippen molar-refractivity contribution in [1.29, 1.82) is 0 Å². The molecular weight excluding hydrogens is 408 g/mol. The summed E-state index contributed by atoms with van der Waals surface area (Å²) in [7, 11) is 3.31. The molecule has 158 valence electrons. The Kier molecular flexibility index (Phi) is 6.60. The smallest absolute Gasteiger partial charge is 0.279 e. The van der Waals surface area contributed by atoms with E-state index in [1.54, 1.807) is 14.2 Å². The average molecular weight is 433 g/mol. The molecule has 0 saturated heterocycles. The first-order valence-electron chi connectivity index (χ1n) is 10.1. The molecule has 1 amide bonds. The summed E-state index contributed by atoms with van der Waals surface area (Å²) < 4.78 is 13.6. The Hall–Kier alpha value is -3.22. The molecule has 0 fully saturated rings. The lowest BCUT2D eigenvalue weighted by atomic mass is 10.0. The SMILES string of the molecule is COCCn1c(=NC(=O)c2ccc(Cc3ccccc3)cc2)sc2cc(OC)ccc21. The summed E-state index contributed by atoms with van der Waals surface area (Å²) in [6.45, 7) is 1.15. The van der Waals surface area contributed by atoms with E-state index in [1.165, 1.54) is 16.9 Å². The monoisotopic (exact) mass is 432 g/mol. The summed E-state index contributed by atoms with van der Waals surface area (Å²) in [6, 6.07) is 23.8. The minimum atomic E-state index is -0.254. The van der Waals surface area contributed by atoms with Gasteiger partial charge >= 0.3 is 0 Å². The first-order chi connectivity index (χ1) is 15.2. The molecule has 0 radical (unpaired) electrons. The molecule has 3 aromatic carbocycles. The number of ether oxygens (including phenoxy) is 2. The van der Waals surface area contributed by atoms with Crippen LogP contribution in [0.1, 0.15) is 21.5 Å². The zero-order valence-electron chi connectivity index (χ0n) is 17.6. The molecule has 0 unspecified atom stereocenters. The molecule has 0 N–H and O–H groups in total. The summed E-state index contributed by atoms with van der Waals surface area (Å²) in [5, 5.41) is 0. The number of carbonyl (C=O) groups is 1. The van der Waals surface area contributed by atoms with Crippen LogP contribution in [0.4, 0.5) is 0 Å². The van der Waals surface area contributed by atoms with Gasteiger partial charge in [-0.25, -0.2) is 0 Å². The van der Waals surface area contributed by atoms with Gasteiger partial charge in [-0.05, 0) is 47.9 Å². The van der Waals surface area contributed by atoms with Crippen LogP contribution in [0.3, 0.4) is 0 Å². The molecule has 0 aliphatic carbocycles. The van der Waals surface area contributed by atoms with Crippen LogP contribution in [0, 0.1) is 0 Å². The number of rotatable bonds is 7. The minimum Gasteiger partial charge on any atom is -0.497 e. The highest BCUT2D eigenvalue weighted by molar-refractivity contribution is 7.16. The zero-order chi connectivity index (χ0) is 21.6. The second-order valence-electron chi connectivity index (χ2n) is 7.14. The molecule has 4 aromatic rings. The molecule has 0 spiro atoms. The zero-order valence-corrected chi connectivity index (χ0v) is 18.4. The van der Waals surface area contributed by atoms with Gasteiger partial charge in [0.15, 0.2) is 4.80 Å². The van der Waals surface area contributed by atoms with Crippen molar-refractivity contribution in [3.63, 3.8) is 0 Å². The van der Waals surface area contributed by atoms with Crippen molar-refractivity contribution in [2.45, 2.75) is 13.0 Å². The lowest BCUT2D eigenvalue weighted by molar-refractivity contribution is 0.0997. The Morgan fingerprint density at radius 3 is 2.42 bits per heavy atom. The lowest BCUT2D eigenvalue weighted by Crippen LogP contribution is -2.19. The van der Waals surface area contributed by atoms with E-state index < -0.39 is 0 Å².